The Morgan fingerprint density at radius 2 is 1.96 bits per heavy atom. The first-order valence-electron chi connectivity index (χ1n) is 7.18. The van der Waals surface area contributed by atoms with Gasteiger partial charge in [0.15, 0.2) is 5.11 Å². The van der Waals surface area contributed by atoms with Crippen molar-refractivity contribution in [1.29, 1.82) is 0 Å². The van der Waals surface area contributed by atoms with E-state index in [0.29, 0.717) is 11.7 Å². The third kappa shape index (κ3) is 5.65. The molecule has 0 aromatic heterocycles. The van der Waals surface area contributed by atoms with Gasteiger partial charge in [0.25, 0.3) is 0 Å². The number of thiocarbonyl (C=S) groups is 1. The molecule has 0 aliphatic heterocycles. The number of nitrogens with one attached hydrogen (secondary N) is 2. The summed E-state index contributed by atoms with van der Waals surface area (Å²) in [7, 11) is 0. The molecule has 2 rings (SSSR count). The third-order valence-corrected chi connectivity index (χ3v) is 3.68. The number of hydrogen-bond acceptors (Lipinski definition) is 3. The second kappa shape index (κ2) is 8.64. The van der Waals surface area contributed by atoms with Crippen molar-refractivity contribution in [3.05, 3.63) is 58.6 Å². The number of halogens is 1. The molecule has 0 saturated heterocycles. The van der Waals surface area contributed by atoms with Crippen LogP contribution in [0.25, 0.3) is 0 Å². The molecule has 0 heterocycles. The molecule has 120 valence electrons. The predicted octanol–water partition coefficient (Wildman–Crippen LogP) is 4.56. The van der Waals surface area contributed by atoms with Gasteiger partial charge in [0, 0.05) is 10.2 Å². The number of rotatable bonds is 5. The molecule has 2 N–H and O–H groups in total. The van der Waals surface area contributed by atoms with E-state index >= 15 is 0 Å². The molecule has 4 nitrogen and oxygen atoms in total. The molecule has 0 unspecified atom stereocenters. The minimum absolute atomic E-state index is 0.434. The molecule has 0 aliphatic rings. The Morgan fingerprint density at radius 3 is 2.61 bits per heavy atom. The van der Waals surface area contributed by atoms with Crippen molar-refractivity contribution >= 4 is 44.7 Å². The summed E-state index contributed by atoms with van der Waals surface area (Å²) >= 11 is 8.69. The van der Waals surface area contributed by atoms with E-state index in [-0.39, 0.29) is 0 Å². The second-order valence-corrected chi connectivity index (χ2v) is 6.05. The van der Waals surface area contributed by atoms with Crippen LogP contribution in [-0.2, 0) is 0 Å². The first-order chi connectivity index (χ1) is 11.1. The van der Waals surface area contributed by atoms with Gasteiger partial charge in [-0.15, -0.1) is 0 Å². The average Bonchev–Trinajstić information content (AvgIpc) is 2.55. The molecular formula is C17H18BrN3OS. The fourth-order valence-corrected chi connectivity index (χ4v) is 2.44. The van der Waals surface area contributed by atoms with E-state index in [4.69, 9.17) is 17.0 Å². The van der Waals surface area contributed by atoms with Crippen molar-refractivity contribution < 1.29 is 4.74 Å². The minimum atomic E-state index is 0.434. The van der Waals surface area contributed by atoms with Crippen LogP contribution in [-0.4, -0.2) is 17.4 Å². The summed E-state index contributed by atoms with van der Waals surface area (Å²) in [4.78, 5) is 0. The molecule has 0 bridgehead atoms. The number of nitrogens with zero attached hydrogens (tertiary/aromatic N) is 1. The van der Waals surface area contributed by atoms with E-state index in [0.717, 1.165) is 27.2 Å². The minimum Gasteiger partial charge on any atom is -0.494 e. The molecule has 6 heteroatoms. The maximum absolute atomic E-state index is 5.40. The van der Waals surface area contributed by atoms with Crippen molar-refractivity contribution in [2.24, 2.45) is 5.10 Å². The van der Waals surface area contributed by atoms with Crippen molar-refractivity contribution in [3.63, 3.8) is 0 Å². The Balaban J connectivity index is 1.92. The van der Waals surface area contributed by atoms with E-state index < -0.39 is 0 Å². The molecule has 0 fully saturated rings. The Morgan fingerprint density at radius 1 is 1.22 bits per heavy atom. The first kappa shape index (κ1) is 17.4. The number of ether oxygens (including phenoxy) is 1. The smallest absolute Gasteiger partial charge is 0.191 e. The van der Waals surface area contributed by atoms with Gasteiger partial charge < -0.3 is 10.1 Å². The molecule has 2 aromatic rings. The Labute approximate surface area is 150 Å². The zero-order valence-corrected chi connectivity index (χ0v) is 15.4. The Bertz CT molecular complexity index is 701. The highest BCUT2D eigenvalue weighted by molar-refractivity contribution is 9.10. The Hall–Kier alpha value is -1.92. The molecular weight excluding hydrogens is 374 g/mol. The largest absolute Gasteiger partial charge is 0.494 e. The fourth-order valence-electron chi connectivity index (χ4n) is 1.87. The summed E-state index contributed by atoms with van der Waals surface area (Å²) in [6.45, 7) is 4.53. The molecule has 0 spiro atoms. The highest BCUT2D eigenvalue weighted by Crippen LogP contribution is 2.15. The zero-order chi connectivity index (χ0) is 16.7. The summed E-state index contributed by atoms with van der Waals surface area (Å²) < 4.78 is 6.42. The van der Waals surface area contributed by atoms with Crippen molar-refractivity contribution in [2.75, 3.05) is 11.9 Å². The maximum atomic E-state index is 5.40. The summed E-state index contributed by atoms with van der Waals surface area (Å²) in [6.07, 6.45) is 0. The number of hydrogen-bond donors (Lipinski definition) is 2. The van der Waals surface area contributed by atoms with Gasteiger partial charge in [-0.3, -0.25) is 5.43 Å². The second-order valence-electron chi connectivity index (χ2n) is 4.73. The molecule has 0 amide bonds. The van der Waals surface area contributed by atoms with Crippen molar-refractivity contribution in [1.82, 2.24) is 5.43 Å². The molecule has 0 atom stereocenters. The van der Waals surface area contributed by atoms with Gasteiger partial charge in [-0.25, -0.2) is 0 Å². The lowest BCUT2D eigenvalue weighted by Gasteiger charge is -2.09. The van der Waals surface area contributed by atoms with E-state index in [1.807, 2.05) is 62.4 Å². The van der Waals surface area contributed by atoms with Crippen molar-refractivity contribution in [3.8, 4) is 5.75 Å². The highest BCUT2D eigenvalue weighted by Gasteiger charge is 2.00. The topological polar surface area (TPSA) is 45.6 Å². The average molecular weight is 392 g/mol. The van der Waals surface area contributed by atoms with Gasteiger partial charge in [0.1, 0.15) is 5.75 Å². The Kier molecular flexibility index (Phi) is 6.55. The van der Waals surface area contributed by atoms with Crippen LogP contribution in [0.15, 0.2) is 58.1 Å². The van der Waals surface area contributed by atoms with Crippen LogP contribution in [0.1, 0.15) is 19.4 Å². The van der Waals surface area contributed by atoms with Crippen LogP contribution < -0.4 is 15.5 Å². The monoisotopic (exact) mass is 391 g/mol. The maximum Gasteiger partial charge on any atom is 0.191 e. The van der Waals surface area contributed by atoms with Crippen LogP contribution in [0.3, 0.4) is 0 Å². The number of anilines is 1. The fraction of sp³-hybridized carbons (Fsp3) is 0.176. The van der Waals surface area contributed by atoms with Crippen LogP contribution in [0.4, 0.5) is 5.69 Å². The predicted molar refractivity (Wildman–Crippen MR) is 103 cm³/mol. The van der Waals surface area contributed by atoms with Gasteiger partial charge in [-0.1, -0.05) is 28.1 Å². The van der Waals surface area contributed by atoms with Gasteiger partial charge in [0.2, 0.25) is 0 Å². The standard InChI is InChI=1S/C17H18BrN3OS/c1-3-22-16-9-7-15(8-10-16)19-17(23)21-20-12(2)13-5-4-6-14(18)11-13/h4-11H,3H2,1-2H3,(H2,19,21,23)/b20-12+. The summed E-state index contributed by atoms with van der Waals surface area (Å²) in [5.74, 6) is 0.834. The number of benzene rings is 2. The molecule has 0 radical (unpaired) electrons. The lowest BCUT2D eigenvalue weighted by Crippen LogP contribution is -2.24. The quantitative estimate of drug-likeness (QED) is 0.445. The van der Waals surface area contributed by atoms with Gasteiger partial charge in [-0.05, 0) is 68.0 Å². The van der Waals surface area contributed by atoms with Crippen LogP contribution in [0, 0.1) is 0 Å². The van der Waals surface area contributed by atoms with E-state index in [1.165, 1.54) is 0 Å². The van der Waals surface area contributed by atoms with Crippen LogP contribution in [0.2, 0.25) is 0 Å². The van der Waals surface area contributed by atoms with Gasteiger partial charge in [-0.2, -0.15) is 5.10 Å². The number of hydrazone groups is 1. The third-order valence-electron chi connectivity index (χ3n) is 2.99. The molecule has 23 heavy (non-hydrogen) atoms. The van der Waals surface area contributed by atoms with Crippen molar-refractivity contribution in [2.45, 2.75) is 13.8 Å². The normalized spacial score (nSPS) is 11.0. The molecule has 0 saturated carbocycles. The van der Waals surface area contributed by atoms with Gasteiger partial charge >= 0.3 is 0 Å². The SMILES string of the molecule is CCOc1ccc(NC(=S)N/N=C(\C)c2cccc(Br)c2)cc1. The summed E-state index contributed by atoms with van der Waals surface area (Å²) in [5, 5.41) is 7.81. The lowest BCUT2D eigenvalue weighted by molar-refractivity contribution is 0.340. The zero-order valence-electron chi connectivity index (χ0n) is 13.0. The van der Waals surface area contributed by atoms with E-state index in [9.17, 15) is 0 Å². The lowest BCUT2D eigenvalue weighted by atomic mass is 10.1. The van der Waals surface area contributed by atoms with Crippen LogP contribution >= 0.6 is 28.1 Å². The van der Waals surface area contributed by atoms with Crippen LogP contribution in [0.5, 0.6) is 5.75 Å². The molecule has 0 aliphatic carbocycles. The summed E-state index contributed by atoms with van der Waals surface area (Å²) in [5.41, 5.74) is 5.60. The molecule has 2 aromatic carbocycles. The summed E-state index contributed by atoms with van der Waals surface area (Å²) in [6, 6.07) is 15.5. The van der Waals surface area contributed by atoms with E-state index in [1.54, 1.807) is 0 Å². The van der Waals surface area contributed by atoms with E-state index in [2.05, 4.69) is 31.8 Å². The highest BCUT2D eigenvalue weighted by atomic mass is 79.9. The first-order valence-corrected chi connectivity index (χ1v) is 8.38. The van der Waals surface area contributed by atoms with Gasteiger partial charge in [0.05, 0.1) is 12.3 Å².